The molecule has 1 aromatic rings. The standard InChI is InChI=1S/C14H19NO2/c1-2-16-12-4-3-5-13-11(12)6-7-14(17-13)8-9-15-10-14/h3-5,15H,2,6-10H2,1H3. The van der Waals surface area contributed by atoms with Crippen molar-refractivity contribution in [3.8, 4) is 11.5 Å². The fourth-order valence-electron chi connectivity index (χ4n) is 2.84. The van der Waals surface area contributed by atoms with E-state index in [1.54, 1.807) is 0 Å². The van der Waals surface area contributed by atoms with Crippen molar-refractivity contribution >= 4 is 0 Å². The minimum absolute atomic E-state index is 0.0395. The fraction of sp³-hybridized carbons (Fsp3) is 0.571. The summed E-state index contributed by atoms with van der Waals surface area (Å²) in [6, 6.07) is 6.12. The molecular formula is C14H19NO2. The van der Waals surface area contributed by atoms with Gasteiger partial charge in [0.1, 0.15) is 17.1 Å². The van der Waals surface area contributed by atoms with Gasteiger partial charge < -0.3 is 14.8 Å². The minimum Gasteiger partial charge on any atom is -0.493 e. The third-order valence-corrected chi connectivity index (χ3v) is 3.75. The van der Waals surface area contributed by atoms with Crippen LogP contribution in [0, 0.1) is 0 Å². The summed E-state index contributed by atoms with van der Waals surface area (Å²) < 4.78 is 11.9. The van der Waals surface area contributed by atoms with Crippen LogP contribution in [0.4, 0.5) is 0 Å². The van der Waals surface area contributed by atoms with E-state index in [1.807, 2.05) is 19.1 Å². The van der Waals surface area contributed by atoms with E-state index in [0.29, 0.717) is 6.61 Å². The summed E-state index contributed by atoms with van der Waals surface area (Å²) in [6.07, 6.45) is 3.27. The van der Waals surface area contributed by atoms with Crippen molar-refractivity contribution in [3.63, 3.8) is 0 Å². The fourth-order valence-corrected chi connectivity index (χ4v) is 2.84. The molecule has 2 aliphatic rings. The number of hydrogen-bond acceptors (Lipinski definition) is 3. The second-order valence-electron chi connectivity index (χ2n) is 4.88. The number of rotatable bonds is 2. The lowest BCUT2D eigenvalue weighted by Crippen LogP contribution is -2.41. The first-order chi connectivity index (χ1) is 8.33. The summed E-state index contributed by atoms with van der Waals surface area (Å²) in [5, 5.41) is 3.40. The Bertz CT molecular complexity index is 411. The predicted molar refractivity (Wildman–Crippen MR) is 66.8 cm³/mol. The summed E-state index contributed by atoms with van der Waals surface area (Å²) >= 11 is 0. The van der Waals surface area contributed by atoms with Crippen molar-refractivity contribution in [2.75, 3.05) is 19.7 Å². The van der Waals surface area contributed by atoms with Gasteiger partial charge in [0, 0.05) is 18.5 Å². The average Bonchev–Trinajstić information content (AvgIpc) is 2.78. The summed E-state index contributed by atoms with van der Waals surface area (Å²) in [4.78, 5) is 0. The van der Waals surface area contributed by atoms with Crippen molar-refractivity contribution in [3.05, 3.63) is 23.8 Å². The molecule has 1 saturated heterocycles. The largest absolute Gasteiger partial charge is 0.493 e. The topological polar surface area (TPSA) is 30.5 Å². The lowest BCUT2D eigenvalue weighted by molar-refractivity contribution is 0.0653. The highest BCUT2D eigenvalue weighted by Crippen LogP contribution is 2.40. The molecule has 2 heterocycles. The Labute approximate surface area is 102 Å². The van der Waals surface area contributed by atoms with E-state index < -0.39 is 0 Å². The summed E-state index contributed by atoms with van der Waals surface area (Å²) in [6.45, 7) is 4.78. The molecule has 92 valence electrons. The van der Waals surface area contributed by atoms with Crippen LogP contribution in [0.1, 0.15) is 25.3 Å². The average molecular weight is 233 g/mol. The molecule has 0 aliphatic carbocycles. The molecule has 17 heavy (non-hydrogen) atoms. The van der Waals surface area contributed by atoms with Crippen LogP contribution >= 0.6 is 0 Å². The molecule has 0 bridgehead atoms. The van der Waals surface area contributed by atoms with Gasteiger partial charge in [-0.2, -0.15) is 0 Å². The Morgan fingerprint density at radius 2 is 2.35 bits per heavy atom. The first-order valence-electron chi connectivity index (χ1n) is 6.47. The number of fused-ring (bicyclic) bond motifs is 1. The van der Waals surface area contributed by atoms with Gasteiger partial charge in [0.15, 0.2) is 0 Å². The first-order valence-corrected chi connectivity index (χ1v) is 6.47. The van der Waals surface area contributed by atoms with Gasteiger partial charge >= 0.3 is 0 Å². The number of benzene rings is 1. The van der Waals surface area contributed by atoms with E-state index in [1.165, 1.54) is 5.56 Å². The Morgan fingerprint density at radius 3 is 3.12 bits per heavy atom. The zero-order chi connectivity index (χ0) is 11.7. The summed E-state index contributed by atoms with van der Waals surface area (Å²) in [5.74, 6) is 2.01. The lowest BCUT2D eigenvalue weighted by Gasteiger charge is -2.35. The van der Waals surface area contributed by atoms with Crippen molar-refractivity contribution < 1.29 is 9.47 Å². The van der Waals surface area contributed by atoms with Crippen molar-refractivity contribution in [2.24, 2.45) is 0 Å². The van der Waals surface area contributed by atoms with Gasteiger partial charge in [0.2, 0.25) is 0 Å². The summed E-state index contributed by atoms with van der Waals surface area (Å²) in [5.41, 5.74) is 1.28. The van der Waals surface area contributed by atoms with Crippen molar-refractivity contribution in [1.29, 1.82) is 0 Å². The third kappa shape index (κ3) is 1.89. The molecule has 3 rings (SSSR count). The molecule has 0 saturated carbocycles. The van der Waals surface area contributed by atoms with Gasteiger partial charge in [-0.3, -0.25) is 0 Å². The molecule has 1 N–H and O–H groups in total. The van der Waals surface area contributed by atoms with E-state index >= 15 is 0 Å². The molecule has 1 atom stereocenters. The van der Waals surface area contributed by atoms with E-state index in [4.69, 9.17) is 9.47 Å². The monoisotopic (exact) mass is 233 g/mol. The van der Waals surface area contributed by atoms with Gasteiger partial charge in [-0.1, -0.05) is 6.07 Å². The van der Waals surface area contributed by atoms with E-state index in [-0.39, 0.29) is 5.60 Å². The maximum absolute atomic E-state index is 6.22. The maximum Gasteiger partial charge on any atom is 0.127 e. The van der Waals surface area contributed by atoms with Crippen molar-refractivity contribution in [1.82, 2.24) is 5.32 Å². The Hall–Kier alpha value is -1.22. The van der Waals surface area contributed by atoms with Gasteiger partial charge in [-0.05, 0) is 38.4 Å². The highest BCUT2D eigenvalue weighted by Gasteiger charge is 2.39. The molecule has 1 aromatic carbocycles. The minimum atomic E-state index is 0.0395. The number of nitrogens with one attached hydrogen (secondary N) is 1. The Morgan fingerprint density at radius 1 is 1.41 bits per heavy atom. The van der Waals surface area contributed by atoms with Crippen LogP contribution in [-0.2, 0) is 6.42 Å². The molecule has 2 aliphatic heterocycles. The smallest absolute Gasteiger partial charge is 0.127 e. The Balaban J connectivity index is 1.90. The molecule has 0 aromatic heterocycles. The molecule has 1 fully saturated rings. The van der Waals surface area contributed by atoms with Gasteiger partial charge in [0.05, 0.1) is 6.61 Å². The van der Waals surface area contributed by atoms with Gasteiger partial charge in [-0.25, -0.2) is 0 Å². The maximum atomic E-state index is 6.22. The Kier molecular flexibility index (Phi) is 2.71. The highest BCUT2D eigenvalue weighted by molar-refractivity contribution is 5.46. The predicted octanol–water partition coefficient (Wildman–Crippen LogP) is 2.14. The van der Waals surface area contributed by atoms with Crippen molar-refractivity contribution in [2.45, 2.75) is 31.8 Å². The van der Waals surface area contributed by atoms with Crippen LogP contribution < -0.4 is 14.8 Å². The number of hydrogen-bond donors (Lipinski definition) is 1. The van der Waals surface area contributed by atoms with Crippen LogP contribution in [0.25, 0.3) is 0 Å². The second-order valence-corrected chi connectivity index (χ2v) is 4.88. The molecule has 3 heteroatoms. The quantitative estimate of drug-likeness (QED) is 0.849. The first kappa shape index (κ1) is 10.9. The molecule has 3 nitrogen and oxygen atoms in total. The number of ether oxygens (including phenoxy) is 2. The third-order valence-electron chi connectivity index (χ3n) is 3.75. The molecule has 1 unspecified atom stereocenters. The molecule has 0 amide bonds. The van der Waals surface area contributed by atoms with E-state index in [9.17, 15) is 0 Å². The van der Waals surface area contributed by atoms with Crippen LogP contribution in [0.15, 0.2) is 18.2 Å². The zero-order valence-electron chi connectivity index (χ0n) is 10.3. The molecular weight excluding hydrogens is 214 g/mol. The highest BCUT2D eigenvalue weighted by atomic mass is 16.5. The van der Waals surface area contributed by atoms with E-state index in [0.717, 1.165) is 43.9 Å². The van der Waals surface area contributed by atoms with Gasteiger partial charge in [-0.15, -0.1) is 0 Å². The normalized spacial score (nSPS) is 26.6. The van der Waals surface area contributed by atoms with Crippen LogP contribution in [-0.4, -0.2) is 25.3 Å². The van der Waals surface area contributed by atoms with Crippen LogP contribution in [0.2, 0.25) is 0 Å². The molecule has 1 spiro atoms. The SMILES string of the molecule is CCOc1cccc2c1CCC1(CCNC1)O2. The summed E-state index contributed by atoms with van der Waals surface area (Å²) in [7, 11) is 0. The molecule has 0 radical (unpaired) electrons. The van der Waals surface area contributed by atoms with Crippen LogP contribution in [0.3, 0.4) is 0 Å². The second kappa shape index (κ2) is 4.22. The zero-order valence-corrected chi connectivity index (χ0v) is 10.3. The van der Waals surface area contributed by atoms with E-state index in [2.05, 4.69) is 11.4 Å². The van der Waals surface area contributed by atoms with Gasteiger partial charge in [0.25, 0.3) is 0 Å². The van der Waals surface area contributed by atoms with Crippen LogP contribution in [0.5, 0.6) is 11.5 Å². The lowest BCUT2D eigenvalue weighted by atomic mass is 9.90.